The molecule has 0 spiro atoms. The van der Waals surface area contributed by atoms with Crippen molar-refractivity contribution < 1.29 is 14.0 Å². The SMILES string of the molecule is CCN(C1=C(c2ccc(F)cc2)C(=O)N(c2ccccc2Cl)C1=O)c1ccccc1. The van der Waals surface area contributed by atoms with Crippen molar-refractivity contribution in [3.63, 3.8) is 0 Å². The van der Waals surface area contributed by atoms with Crippen LogP contribution in [0.4, 0.5) is 15.8 Å². The van der Waals surface area contributed by atoms with E-state index in [1.807, 2.05) is 37.3 Å². The Balaban J connectivity index is 1.92. The molecular weight excluding hydrogens is 403 g/mol. The molecule has 6 heteroatoms. The summed E-state index contributed by atoms with van der Waals surface area (Å²) in [5.74, 6) is -1.39. The summed E-state index contributed by atoms with van der Waals surface area (Å²) in [5.41, 5.74) is 2.00. The van der Waals surface area contributed by atoms with Crippen LogP contribution >= 0.6 is 11.6 Å². The summed E-state index contributed by atoms with van der Waals surface area (Å²) < 4.78 is 13.5. The van der Waals surface area contributed by atoms with Gasteiger partial charge in [-0.15, -0.1) is 0 Å². The number of hydrogen-bond donors (Lipinski definition) is 0. The molecule has 150 valence electrons. The maximum atomic E-state index is 13.6. The van der Waals surface area contributed by atoms with Crippen molar-refractivity contribution in [1.82, 2.24) is 0 Å². The molecule has 0 N–H and O–H groups in total. The summed E-state index contributed by atoms with van der Waals surface area (Å²) in [7, 11) is 0. The third-order valence-electron chi connectivity index (χ3n) is 4.94. The van der Waals surface area contributed by atoms with Crippen molar-refractivity contribution >= 4 is 40.4 Å². The smallest absolute Gasteiger partial charge is 0.282 e. The lowest BCUT2D eigenvalue weighted by Crippen LogP contribution is -2.35. The fourth-order valence-electron chi connectivity index (χ4n) is 3.57. The Morgan fingerprint density at radius 2 is 1.50 bits per heavy atom. The molecular formula is C24H18ClFN2O2. The van der Waals surface area contributed by atoms with Crippen LogP contribution in [0.1, 0.15) is 12.5 Å². The minimum Gasteiger partial charge on any atom is -0.337 e. The second-order valence-electron chi connectivity index (χ2n) is 6.71. The molecule has 0 radical (unpaired) electrons. The van der Waals surface area contributed by atoms with E-state index in [2.05, 4.69) is 0 Å². The molecule has 1 heterocycles. The molecule has 4 rings (SSSR count). The fraction of sp³-hybridized carbons (Fsp3) is 0.0833. The lowest BCUT2D eigenvalue weighted by atomic mass is 10.0. The highest BCUT2D eigenvalue weighted by Crippen LogP contribution is 2.38. The van der Waals surface area contributed by atoms with Gasteiger partial charge in [0, 0.05) is 12.2 Å². The summed E-state index contributed by atoms with van der Waals surface area (Å²) in [4.78, 5) is 29.9. The van der Waals surface area contributed by atoms with E-state index in [4.69, 9.17) is 11.6 Å². The van der Waals surface area contributed by atoms with Gasteiger partial charge in [-0.1, -0.05) is 54.1 Å². The second-order valence-corrected chi connectivity index (χ2v) is 7.11. The Bertz CT molecular complexity index is 1140. The molecule has 0 fully saturated rings. The molecule has 0 aromatic heterocycles. The number of benzene rings is 3. The maximum Gasteiger partial charge on any atom is 0.282 e. The van der Waals surface area contributed by atoms with Gasteiger partial charge in [0.05, 0.1) is 16.3 Å². The van der Waals surface area contributed by atoms with Gasteiger partial charge in [-0.05, 0) is 48.9 Å². The quantitative estimate of drug-likeness (QED) is 0.526. The van der Waals surface area contributed by atoms with Crippen LogP contribution in [0.5, 0.6) is 0 Å². The average Bonchev–Trinajstić information content (AvgIpc) is 3.01. The van der Waals surface area contributed by atoms with Crippen LogP contribution in [0.2, 0.25) is 5.02 Å². The summed E-state index contributed by atoms with van der Waals surface area (Å²) in [5, 5.41) is 0.293. The maximum absolute atomic E-state index is 13.6. The number of rotatable bonds is 5. The van der Waals surface area contributed by atoms with E-state index in [1.165, 1.54) is 24.3 Å². The van der Waals surface area contributed by atoms with Crippen molar-refractivity contribution in [2.24, 2.45) is 0 Å². The Labute approximate surface area is 178 Å². The number of likely N-dealkylation sites (N-methyl/N-ethyl adjacent to an activating group) is 1. The molecule has 2 amide bonds. The van der Waals surface area contributed by atoms with Gasteiger partial charge >= 0.3 is 0 Å². The highest BCUT2D eigenvalue weighted by Gasteiger charge is 2.43. The Morgan fingerprint density at radius 3 is 2.13 bits per heavy atom. The molecule has 0 saturated heterocycles. The lowest BCUT2D eigenvalue weighted by molar-refractivity contribution is -0.120. The minimum atomic E-state index is -0.496. The van der Waals surface area contributed by atoms with Crippen molar-refractivity contribution in [2.45, 2.75) is 6.92 Å². The van der Waals surface area contributed by atoms with Gasteiger partial charge in [0.25, 0.3) is 11.8 Å². The number of para-hydroxylation sites is 2. The molecule has 30 heavy (non-hydrogen) atoms. The molecule has 4 nitrogen and oxygen atoms in total. The first-order valence-electron chi connectivity index (χ1n) is 9.49. The van der Waals surface area contributed by atoms with Crippen LogP contribution in [0.3, 0.4) is 0 Å². The van der Waals surface area contributed by atoms with Crippen LogP contribution in [-0.2, 0) is 9.59 Å². The van der Waals surface area contributed by atoms with Gasteiger partial charge in [0.1, 0.15) is 11.5 Å². The van der Waals surface area contributed by atoms with Gasteiger partial charge in [0.15, 0.2) is 0 Å². The number of carbonyl (C=O) groups excluding carboxylic acids is 2. The first-order valence-corrected chi connectivity index (χ1v) is 9.86. The largest absolute Gasteiger partial charge is 0.337 e. The first kappa shape index (κ1) is 19.9. The van der Waals surface area contributed by atoms with E-state index in [-0.39, 0.29) is 11.3 Å². The molecule has 3 aromatic carbocycles. The summed E-state index contributed by atoms with van der Waals surface area (Å²) in [6, 6.07) is 21.6. The molecule has 0 aliphatic carbocycles. The Hall–Kier alpha value is -3.44. The Kier molecular flexibility index (Phi) is 5.38. The van der Waals surface area contributed by atoms with Crippen LogP contribution in [0.25, 0.3) is 5.57 Å². The van der Waals surface area contributed by atoms with Gasteiger partial charge in [-0.3, -0.25) is 9.59 Å². The number of hydrogen-bond acceptors (Lipinski definition) is 3. The third kappa shape index (κ3) is 3.37. The third-order valence-corrected chi connectivity index (χ3v) is 5.26. The number of amides is 2. The zero-order valence-electron chi connectivity index (χ0n) is 16.2. The number of anilines is 2. The zero-order valence-corrected chi connectivity index (χ0v) is 16.9. The number of halogens is 2. The number of imide groups is 1. The topological polar surface area (TPSA) is 40.6 Å². The highest BCUT2D eigenvalue weighted by molar-refractivity contribution is 6.48. The molecule has 1 aliphatic rings. The summed E-state index contributed by atoms with van der Waals surface area (Å²) in [6.07, 6.45) is 0. The standard InChI is InChI=1S/C24H18ClFN2O2/c1-2-27(18-8-4-3-5-9-18)22-21(16-12-14-17(26)15-13-16)23(29)28(24(22)30)20-11-7-6-10-19(20)25/h3-15H,2H2,1H3. The molecule has 3 aromatic rings. The van der Waals surface area contributed by atoms with Crippen LogP contribution in [-0.4, -0.2) is 18.4 Å². The van der Waals surface area contributed by atoms with Crippen molar-refractivity contribution in [1.29, 1.82) is 0 Å². The van der Waals surface area contributed by atoms with E-state index in [0.717, 1.165) is 10.6 Å². The Morgan fingerprint density at radius 1 is 0.867 bits per heavy atom. The number of carbonyl (C=O) groups is 2. The predicted octanol–water partition coefficient (Wildman–Crippen LogP) is 5.29. The first-order chi connectivity index (χ1) is 14.5. The predicted molar refractivity (Wildman–Crippen MR) is 117 cm³/mol. The molecule has 0 bridgehead atoms. The fourth-order valence-corrected chi connectivity index (χ4v) is 3.80. The van der Waals surface area contributed by atoms with Crippen LogP contribution in [0.15, 0.2) is 84.6 Å². The summed E-state index contributed by atoms with van der Waals surface area (Å²) in [6.45, 7) is 2.36. The normalized spacial score (nSPS) is 13.9. The lowest BCUT2D eigenvalue weighted by Gasteiger charge is -2.25. The zero-order chi connectivity index (χ0) is 21.3. The molecule has 0 unspecified atom stereocenters. The highest BCUT2D eigenvalue weighted by atomic mass is 35.5. The minimum absolute atomic E-state index is 0.214. The summed E-state index contributed by atoms with van der Waals surface area (Å²) >= 11 is 6.30. The van der Waals surface area contributed by atoms with E-state index in [1.54, 1.807) is 29.2 Å². The average molecular weight is 421 g/mol. The second kappa shape index (κ2) is 8.13. The molecule has 1 aliphatic heterocycles. The van der Waals surface area contributed by atoms with E-state index in [9.17, 15) is 14.0 Å². The molecule has 0 saturated carbocycles. The van der Waals surface area contributed by atoms with Gasteiger partial charge in [-0.25, -0.2) is 9.29 Å². The monoisotopic (exact) mass is 420 g/mol. The van der Waals surface area contributed by atoms with Crippen molar-refractivity contribution in [2.75, 3.05) is 16.3 Å². The van der Waals surface area contributed by atoms with Crippen molar-refractivity contribution in [3.8, 4) is 0 Å². The van der Waals surface area contributed by atoms with Crippen molar-refractivity contribution in [3.05, 3.63) is 101 Å². The van der Waals surface area contributed by atoms with Gasteiger partial charge in [-0.2, -0.15) is 0 Å². The van der Waals surface area contributed by atoms with Crippen LogP contribution in [0, 0.1) is 5.82 Å². The van der Waals surface area contributed by atoms with E-state index in [0.29, 0.717) is 22.8 Å². The van der Waals surface area contributed by atoms with E-state index < -0.39 is 17.6 Å². The van der Waals surface area contributed by atoms with Crippen LogP contribution < -0.4 is 9.80 Å². The van der Waals surface area contributed by atoms with E-state index >= 15 is 0 Å². The van der Waals surface area contributed by atoms with Gasteiger partial charge < -0.3 is 4.90 Å². The number of nitrogens with zero attached hydrogens (tertiary/aromatic N) is 2. The van der Waals surface area contributed by atoms with Gasteiger partial charge in [0.2, 0.25) is 0 Å². The molecule has 0 atom stereocenters.